The predicted molar refractivity (Wildman–Crippen MR) is 124 cm³/mol. The molecule has 2 unspecified atom stereocenters. The lowest BCUT2D eigenvalue weighted by Crippen LogP contribution is -2.59. The first-order chi connectivity index (χ1) is 15.7. The van der Waals surface area contributed by atoms with E-state index in [1.165, 1.54) is 23.1 Å². The quantitative estimate of drug-likeness (QED) is 0.562. The maximum Gasteiger partial charge on any atom is 0.337 e. The molecule has 0 spiro atoms. The third-order valence-electron chi connectivity index (χ3n) is 8.08. The van der Waals surface area contributed by atoms with Gasteiger partial charge in [0.25, 0.3) is 0 Å². The van der Waals surface area contributed by atoms with Crippen LogP contribution in [0.25, 0.3) is 0 Å². The van der Waals surface area contributed by atoms with Crippen LogP contribution in [0.2, 0.25) is 5.02 Å². The van der Waals surface area contributed by atoms with E-state index in [2.05, 4.69) is 38.1 Å². The molecule has 1 N–H and O–H groups in total. The lowest BCUT2D eigenvalue weighted by atomic mass is 9.42. The van der Waals surface area contributed by atoms with Gasteiger partial charge in [-0.05, 0) is 40.5 Å². The third kappa shape index (κ3) is 2.21. The highest BCUT2D eigenvalue weighted by Crippen LogP contribution is 2.66. The summed E-state index contributed by atoms with van der Waals surface area (Å²) in [6.45, 7) is 4.11. The summed E-state index contributed by atoms with van der Waals surface area (Å²) in [5.74, 6) is -3.01. The second-order valence-electron chi connectivity index (χ2n) is 9.43. The number of rotatable bonds is 2. The number of amides is 2. The van der Waals surface area contributed by atoms with E-state index in [9.17, 15) is 19.5 Å². The molecule has 0 saturated carbocycles. The molecule has 5 nitrogen and oxygen atoms in total. The van der Waals surface area contributed by atoms with Crippen molar-refractivity contribution < 1.29 is 19.5 Å². The van der Waals surface area contributed by atoms with Crippen LogP contribution in [-0.4, -0.2) is 22.9 Å². The number of carbonyl (C=O) groups is 3. The zero-order valence-corrected chi connectivity index (χ0v) is 18.8. The Bertz CT molecular complexity index is 1290. The molecule has 6 heteroatoms. The normalized spacial score (nSPS) is 29.0. The largest absolute Gasteiger partial charge is 0.478 e. The van der Waals surface area contributed by atoms with Crippen LogP contribution in [0.5, 0.6) is 0 Å². The van der Waals surface area contributed by atoms with Crippen LogP contribution in [0.3, 0.4) is 0 Å². The molecule has 3 aliphatic carbocycles. The first-order valence-electron chi connectivity index (χ1n) is 10.8. The lowest BCUT2D eigenvalue weighted by molar-refractivity contribution is -0.124. The lowest BCUT2D eigenvalue weighted by Gasteiger charge is -2.57. The molecule has 3 aromatic carbocycles. The summed E-state index contributed by atoms with van der Waals surface area (Å²) in [7, 11) is 0. The van der Waals surface area contributed by atoms with E-state index >= 15 is 0 Å². The summed E-state index contributed by atoms with van der Waals surface area (Å²) >= 11 is 6.05. The first-order valence-corrected chi connectivity index (χ1v) is 11.2. The molecule has 1 fully saturated rings. The molecule has 33 heavy (non-hydrogen) atoms. The number of imide groups is 1. The molecule has 4 aliphatic rings. The SMILES string of the molecule is CC12c3ccccc3C(C)(c3ccccc31)C1C(=O)N(c3ccc(Cl)c(C(=O)O)c3)C(=O)C12. The smallest absolute Gasteiger partial charge is 0.337 e. The summed E-state index contributed by atoms with van der Waals surface area (Å²) in [6, 6.07) is 20.4. The minimum absolute atomic E-state index is 0.0570. The van der Waals surface area contributed by atoms with Gasteiger partial charge in [-0.3, -0.25) is 9.59 Å². The average molecular weight is 458 g/mol. The molecule has 1 saturated heterocycles. The van der Waals surface area contributed by atoms with Crippen molar-refractivity contribution in [3.63, 3.8) is 0 Å². The number of nitrogens with zero attached hydrogens (tertiary/aromatic N) is 1. The van der Waals surface area contributed by atoms with Crippen LogP contribution in [0.4, 0.5) is 5.69 Å². The van der Waals surface area contributed by atoms with Gasteiger partial charge in [0, 0.05) is 10.8 Å². The van der Waals surface area contributed by atoms with Crippen LogP contribution in [0.15, 0.2) is 66.7 Å². The zero-order valence-electron chi connectivity index (χ0n) is 18.0. The van der Waals surface area contributed by atoms with Gasteiger partial charge >= 0.3 is 5.97 Å². The number of carboxylic acid groups (broad SMARTS) is 1. The molecule has 2 atom stereocenters. The highest BCUT2D eigenvalue weighted by Gasteiger charge is 2.70. The molecule has 1 heterocycles. The van der Waals surface area contributed by atoms with Gasteiger partial charge < -0.3 is 5.11 Å². The van der Waals surface area contributed by atoms with E-state index in [0.29, 0.717) is 0 Å². The van der Waals surface area contributed by atoms with Crippen molar-refractivity contribution in [2.45, 2.75) is 24.7 Å². The van der Waals surface area contributed by atoms with E-state index in [1.54, 1.807) is 0 Å². The molecule has 164 valence electrons. The monoisotopic (exact) mass is 457 g/mol. The summed E-state index contributed by atoms with van der Waals surface area (Å²) < 4.78 is 0. The Kier molecular flexibility index (Phi) is 3.87. The van der Waals surface area contributed by atoms with Gasteiger partial charge in [-0.15, -0.1) is 0 Å². The van der Waals surface area contributed by atoms with Crippen molar-refractivity contribution in [1.82, 2.24) is 0 Å². The van der Waals surface area contributed by atoms with Crippen molar-refractivity contribution in [3.8, 4) is 0 Å². The molecule has 2 bridgehead atoms. The molecule has 3 aromatic rings. The zero-order chi connectivity index (χ0) is 23.3. The Hall–Kier alpha value is -3.44. The first kappa shape index (κ1) is 20.2. The van der Waals surface area contributed by atoms with E-state index in [-0.39, 0.29) is 28.1 Å². The van der Waals surface area contributed by atoms with Crippen LogP contribution in [-0.2, 0) is 20.4 Å². The molecule has 1 aliphatic heterocycles. The predicted octanol–water partition coefficient (Wildman–Crippen LogP) is 4.78. The topological polar surface area (TPSA) is 74.7 Å². The Morgan fingerprint density at radius 1 is 0.818 bits per heavy atom. The molecule has 2 amide bonds. The van der Waals surface area contributed by atoms with Gasteiger partial charge in [0.15, 0.2) is 0 Å². The summed E-state index contributed by atoms with van der Waals surface area (Å²) in [5.41, 5.74) is 3.00. The third-order valence-corrected chi connectivity index (χ3v) is 8.41. The fourth-order valence-electron chi connectivity index (χ4n) is 6.64. The van der Waals surface area contributed by atoms with Crippen LogP contribution in [0, 0.1) is 11.8 Å². The molecular formula is C27H20ClNO4. The highest BCUT2D eigenvalue weighted by atomic mass is 35.5. The van der Waals surface area contributed by atoms with Gasteiger partial charge in [-0.2, -0.15) is 0 Å². The maximum absolute atomic E-state index is 14.0. The van der Waals surface area contributed by atoms with Gasteiger partial charge in [0.2, 0.25) is 11.8 Å². The van der Waals surface area contributed by atoms with Crippen LogP contribution < -0.4 is 4.90 Å². The summed E-state index contributed by atoms with van der Waals surface area (Å²) in [4.78, 5) is 40.8. The van der Waals surface area contributed by atoms with E-state index < -0.39 is 28.6 Å². The fourth-order valence-corrected chi connectivity index (χ4v) is 6.84. The van der Waals surface area contributed by atoms with Gasteiger partial charge in [-0.25, -0.2) is 9.69 Å². The number of hydrogen-bond donors (Lipinski definition) is 1. The number of hydrogen-bond acceptors (Lipinski definition) is 3. The number of aromatic carboxylic acids is 1. The maximum atomic E-state index is 14.0. The Morgan fingerprint density at radius 2 is 1.24 bits per heavy atom. The standard InChI is InChI=1S/C27H20ClNO4/c1-26-16-7-3-5-9-18(16)27(2,19-10-6-4-8-17(19)26)22-21(26)23(30)29(24(22)31)14-11-12-20(28)15(13-14)25(32)33/h3-13,21-22H,1-2H3,(H,32,33). The van der Waals surface area contributed by atoms with Crippen LogP contribution >= 0.6 is 11.6 Å². The number of carbonyl (C=O) groups excluding carboxylic acids is 2. The van der Waals surface area contributed by atoms with Gasteiger partial charge in [0.1, 0.15) is 0 Å². The van der Waals surface area contributed by atoms with Crippen LogP contribution in [0.1, 0.15) is 46.5 Å². The Labute approximate surface area is 195 Å². The fraction of sp³-hybridized carbons (Fsp3) is 0.222. The van der Waals surface area contributed by atoms with Crippen molar-refractivity contribution in [3.05, 3.63) is 99.6 Å². The van der Waals surface area contributed by atoms with Crippen molar-refractivity contribution in [2.24, 2.45) is 11.8 Å². The van der Waals surface area contributed by atoms with E-state index in [4.69, 9.17) is 11.6 Å². The van der Waals surface area contributed by atoms with Gasteiger partial charge in [0.05, 0.1) is 28.1 Å². The van der Waals surface area contributed by atoms with Gasteiger partial charge in [-0.1, -0.05) is 74.0 Å². The number of carboxylic acids is 1. The molecule has 0 radical (unpaired) electrons. The van der Waals surface area contributed by atoms with Crippen molar-refractivity contribution in [2.75, 3.05) is 4.90 Å². The Morgan fingerprint density at radius 3 is 1.64 bits per heavy atom. The molecule has 7 rings (SSSR count). The van der Waals surface area contributed by atoms with E-state index in [1.807, 2.05) is 24.3 Å². The molecular weight excluding hydrogens is 438 g/mol. The van der Waals surface area contributed by atoms with Crippen molar-refractivity contribution in [1.29, 1.82) is 0 Å². The number of benzene rings is 3. The summed E-state index contributed by atoms with van der Waals surface area (Å²) in [5, 5.41) is 9.57. The second kappa shape index (κ2) is 6.33. The number of halogens is 1. The minimum Gasteiger partial charge on any atom is -0.478 e. The minimum atomic E-state index is -1.21. The average Bonchev–Trinajstić information content (AvgIpc) is 3.09. The molecule has 0 aromatic heterocycles. The second-order valence-corrected chi connectivity index (χ2v) is 9.84. The highest BCUT2D eigenvalue weighted by molar-refractivity contribution is 6.34. The van der Waals surface area contributed by atoms with Crippen molar-refractivity contribution >= 4 is 35.1 Å². The van der Waals surface area contributed by atoms with E-state index in [0.717, 1.165) is 22.3 Å². The summed E-state index contributed by atoms with van der Waals surface area (Å²) in [6.07, 6.45) is 0. The Balaban J connectivity index is 1.62. The number of anilines is 1.